The molecule has 168 valence electrons. The predicted molar refractivity (Wildman–Crippen MR) is 126 cm³/mol. The minimum Gasteiger partial charge on any atom is -0.350 e. The number of anilines is 1. The van der Waals surface area contributed by atoms with Crippen molar-refractivity contribution in [1.82, 2.24) is 10.2 Å². The molecule has 2 aromatic rings. The predicted octanol–water partition coefficient (Wildman–Crippen LogP) is 3.80. The van der Waals surface area contributed by atoms with Crippen LogP contribution in [0.5, 0.6) is 0 Å². The topological polar surface area (TPSA) is 69.7 Å². The summed E-state index contributed by atoms with van der Waals surface area (Å²) in [5.41, 5.74) is 2.62. The van der Waals surface area contributed by atoms with E-state index in [1.807, 2.05) is 18.2 Å². The van der Waals surface area contributed by atoms with Gasteiger partial charge < -0.3 is 5.32 Å². The minimum absolute atomic E-state index is 0.330. The molecule has 1 N–H and O–H groups in total. The van der Waals surface area contributed by atoms with Gasteiger partial charge in [0.25, 0.3) is 0 Å². The largest absolute Gasteiger partial charge is 0.350 e. The molecule has 8 heteroatoms. The summed E-state index contributed by atoms with van der Waals surface area (Å²) >= 11 is 6.07. The van der Waals surface area contributed by atoms with Crippen LogP contribution >= 0.6 is 11.6 Å². The SMILES string of the molecule is CCC(C(=O)NCc1ccccc1CN1CCCC1)N(c1cccc(Cl)c1)S(C)(=O)=O. The van der Waals surface area contributed by atoms with Crippen LogP contribution in [0.25, 0.3) is 0 Å². The van der Waals surface area contributed by atoms with Crippen LogP contribution in [0.15, 0.2) is 48.5 Å². The normalized spacial score (nSPS) is 15.6. The minimum atomic E-state index is -3.69. The van der Waals surface area contributed by atoms with Gasteiger partial charge in [-0.05, 0) is 61.7 Å². The Labute approximate surface area is 190 Å². The number of nitrogens with zero attached hydrogens (tertiary/aromatic N) is 2. The van der Waals surface area contributed by atoms with E-state index in [0.29, 0.717) is 23.7 Å². The number of sulfonamides is 1. The fourth-order valence-corrected chi connectivity index (χ4v) is 5.43. The van der Waals surface area contributed by atoms with Crippen LogP contribution in [0, 0.1) is 0 Å². The number of carbonyl (C=O) groups excluding carboxylic acids is 1. The summed E-state index contributed by atoms with van der Waals surface area (Å²) in [7, 11) is -3.69. The molecular weight excluding hydrogens is 434 g/mol. The zero-order chi connectivity index (χ0) is 22.4. The van der Waals surface area contributed by atoms with E-state index in [2.05, 4.69) is 16.3 Å². The molecule has 2 aromatic carbocycles. The molecular formula is C23H30ClN3O3S. The molecule has 0 radical (unpaired) electrons. The van der Waals surface area contributed by atoms with Crippen LogP contribution in [-0.2, 0) is 27.9 Å². The van der Waals surface area contributed by atoms with Crippen molar-refractivity contribution in [2.75, 3.05) is 23.7 Å². The molecule has 6 nitrogen and oxygen atoms in total. The molecule has 0 aliphatic carbocycles. The lowest BCUT2D eigenvalue weighted by molar-refractivity contribution is -0.122. The maximum absolute atomic E-state index is 13.1. The van der Waals surface area contributed by atoms with Crippen molar-refractivity contribution in [2.24, 2.45) is 0 Å². The third-order valence-corrected chi connectivity index (χ3v) is 6.97. The third-order valence-electron chi connectivity index (χ3n) is 5.56. The van der Waals surface area contributed by atoms with Gasteiger partial charge in [-0.3, -0.25) is 14.0 Å². The van der Waals surface area contributed by atoms with Crippen LogP contribution in [0.1, 0.15) is 37.3 Å². The fourth-order valence-electron chi connectivity index (χ4n) is 4.04. The Morgan fingerprint density at radius 3 is 2.42 bits per heavy atom. The van der Waals surface area contributed by atoms with E-state index in [0.717, 1.165) is 35.8 Å². The molecule has 1 fully saturated rings. The van der Waals surface area contributed by atoms with Gasteiger partial charge in [0, 0.05) is 18.1 Å². The van der Waals surface area contributed by atoms with Crippen molar-refractivity contribution < 1.29 is 13.2 Å². The molecule has 1 aliphatic heterocycles. The van der Waals surface area contributed by atoms with Gasteiger partial charge in [-0.15, -0.1) is 0 Å². The van der Waals surface area contributed by atoms with Crippen molar-refractivity contribution in [2.45, 2.75) is 45.3 Å². The second-order valence-corrected chi connectivity index (χ2v) is 10.2. The second-order valence-electron chi connectivity index (χ2n) is 7.93. The number of rotatable bonds is 9. The van der Waals surface area contributed by atoms with E-state index in [1.54, 1.807) is 31.2 Å². The maximum Gasteiger partial charge on any atom is 0.244 e. The van der Waals surface area contributed by atoms with Crippen molar-refractivity contribution in [3.63, 3.8) is 0 Å². The van der Waals surface area contributed by atoms with E-state index < -0.39 is 16.1 Å². The monoisotopic (exact) mass is 463 g/mol. The summed E-state index contributed by atoms with van der Waals surface area (Å²) in [6.07, 6.45) is 3.89. The lowest BCUT2D eigenvalue weighted by atomic mass is 10.1. The van der Waals surface area contributed by atoms with Crippen LogP contribution in [0.4, 0.5) is 5.69 Å². The zero-order valence-electron chi connectivity index (χ0n) is 18.1. The number of hydrogen-bond acceptors (Lipinski definition) is 4. The first-order chi connectivity index (χ1) is 14.8. The highest BCUT2D eigenvalue weighted by atomic mass is 35.5. The summed E-state index contributed by atoms with van der Waals surface area (Å²) in [4.78, 5) is 15.5. The van der Waals surface area contributed by atoms with Crippen molar-refractivity contribution >= 4 is 33.2 Å². The Bertz CT molecular complexity index is 1010. The molecule has 1 aliphatic rings. The first-order valence-corrected chi connectivity index (χ1v) is 12.8. The Hall–Kier alpha value is -2.09. The average molecular weight is 464 g/mol. The standard InChI is InChI=1S/C23H30ClN3O3S/c1-3-22(27(31(2,29)30)21-12-8-11-20(24)15-21)23(28)25-16-18-9-4-5-10-19(18)17-26-13-6-7-14-26/h4-5,8-12,15,22H,3,6-7,13-14,16-17H2,1-2H3,(H,25,28). The molecule has 0 spiro atoms. The molecule has 1 amide bonds. The number of hydrogen-bond donors (Lipinski definition) is 1. The van der Waals surface area contributed by atoms with Crippen molar-refractivity contribution in [3.05, 3.63) is 64.7 Å². The van der Waals surface area contributed by atoms with Crippen LogP contribution in [-0.4, -0.2) is 44.6 Å². The zero-order valence-corrected chi connectivity index (χ0v) is 19.6. The molecule has 1 saturated heterocycles. The Kier molecular flexibility index (Phi) is 7.97. The Morgan fingerprint density at radius 1 is 1.13 bits per heavy atom. The molecule has 0 aromatic heterocycles. The number of halogens is 1. The van der Waals surface area contributed by atoms with Gasteiger partial charge in [-0.25, -0.2) is 8.42 Å². The summed E-state index contributed by atoms with van der Waals surface area (Å²) < 4.78 is 26.3. The van der Waals surface area contributed by atoms with Gasteiger partial charge in [0.2, 0.25) is 15.9 Å². The highest BCUT2D eigenvalue weighted by Crippen LogP contribution is 2.25. The van der Waals surface area contributed by atoms with Gasteiger partial charge in [0.05, 0.1) is 11.9 Å². The van der Waals surface area contributed by atoms with Crippen LogP contribution < -0.4 is 9.62 Å². The second kappa shape index (κ2) is 10.5. The summed E-state index contributed by atoms with van der Waals surface area (Å²) in [5.74, 6) is -0.330. The van der Waals surface area contributed by atoms with Crippen LogP contribution in [0.2, 0.25) is 5.02 Å². The van der Waals surface area contributed by atoms with Gasteiger partial charge in [0.1, 0.15) is 6.04 Å². The molecule has 1 unspecified atom stereocenters. The number of benzene rings is 2. The van der Waals surface area contributed by atoms with Crippen LogP contribution in [0.3, 0.4) is 0 Å². The smallest absolute Gasteiger partial charge is 0.244 e. The summed E-state index contributed by atoms with van der Waals surface area (Å²) in [5, 5.41) is 3.37. The van der Waals surface area contributed by atoms with Gasteiger partial charge in [0.15, 0.2) is 0 Å². The molecule has 31 heavy (non-hydrogen) atoms. The van der Waals surface area contributed by atoms with Crippen molar-refractivity contribution in [3.8, 4) is 0 Å². The molecule has 0 saturated carbocycles. The lowest BCUT2D eigenvalue weighted by Crippen LogP contribution is -2.49. The number of nitrogens with one attached hydrogen (secondary N) is 1. The van der Waals surface area contributed by atoms with E-state index in [-0.39, 0.29) is 5.91 Å². The third kappa shape index (κ3) is 6.21. The highest BCUT2D eigenvalue weighted by molar-refractivity contribution is 7.92. The average Bonchev–Trinajstić information content (AvgIpc) is 3.23. The molecule has 1 heterocycles. The highest BCUT2D eigenvalue weighted by Gasteiger charge is 2.31. The lowest BCUT2D eigenvalue weighted by Gasteiger charge is -2.30. The van der Waals surface area contributed by atoms with E-state index >= 15 is 0 Å². The van der Waals surface area contributed by atoms with Crippen molar-refractivity contribution in [1.29, 1.82) is 0 Å². The summed E-state index contributed by atoms with van der Waals surface area (Å²) in [6, 6.07) is 13.8. The number of carbonyl (C=O) groups is 1. The molecule has 3 rings (SSSR count). The number of likely N-dealkylation sites (tertiary alicyclic amines) is 1. The quantitative estimate of drug-likeness (QED) is 0.614. The molecule has 1 atom stereocenters. The summed E-state index contributed by atoms with van der Waals surface area (Å²) in [6.45, 7) is 5.21. The van der Waals surface area contributed by atoms with Gasteiger partial charge >= 0.3 is 0 Å². The van der Waals surface area contributed by atoms with Gasteiger partial charge in [-0.1, -0.05) is 48.9 Å². The van der Waals surface area contributed by atoms with E-state index in [9.17, 15) is 13.2 Å². The maximum atomic E-state index is 13.1. The fraction of sp³-hybridized carbons (Fsp3) is 0.435. The van der Waals surface area contributed by atoms with Gasteiger partial charge in [-0.2, -0.15) is 0 Å². The first-order valence-electron chi connectivity index (χ1n) is 10.6. The first kappa shape index (κ1) is 23.6. The Morgan fingerprint density at radius 2 is 1.81 bits per heavy atom. The Balaban J connectivity index is 1.76. The van der Waals surface area contributed by atoms with E-state index in [1.165, 1.54) is 18.4 Å². The number of amides is 1. The van der Waals surface area contributed by atoms with E-state index in [4.69, 9.17) is 11.6 Å². The molecule has 0 bridgehead atoms.